The minimum absolute atomic E-state index is 0.709. The van der Waals surface area contributed by atoms with E-state index in [0.29, 0.717) is 5.46 Å². The van der Waals surface area contributed by atoms with E-state index < -0.39 is 0 Å². The van der Waals surface area contributed by atoms with Crippen LogP contribution in [0.5, 0.6) is 0 Å². The predicted octanol–water partition coefficient (Wildman–Crippen LogP) is -1.28. The Kier molecular flexibility index (Phi) is 1.96. The van der Waals surface area contributed by atoms with Crippen LogP contribution in [0.15, 0.2) is 24.3 Å². The summed E-state index contributed by atoms with van der Waals surface area (Å²) in [6, 6.07) is 6.97. The fourth-order valence-electron chi connectivity index (χ4n) is 0.582. The Morgan fingerprint density at radius 1 is 1.22 bits per heavy atom. The first-order valence-electron chi connectivity index (χ1n) is 2.66. The van der Waals surface area contributed by atoms with Gasteiger partial charge in [-0.05, 0) is 0 Å². The third kappa shape index (κ3) is 1.61. The second kappa shape index (κ2) is 2.74. The molecule has 0 spiro atoms. The quantitative estimate of drug-likeness (QED) is 0.451. The molecule has 0 atom stereocenters. The molecule has 41 valence electrons. The van der Waals surface area contributed by atoms with Crippen LogP contribution in [0.1, 0.15) is 0 Å². The highest BCUT2D eigenvalue weighted by Gasteiger charge is 1.88. The van der Waals surface area contributed by atoms with Gasteiger partial charge in [0.05, 0.1) is 0 Å². The first-order valence-corrected chi connectivity index (χ1v) is 2.66. The van der Waals surface area contributed by atoms with Gasteiger partial charge in [-0.15, -0.1) is 0 Å². The van der Waals surface area contributed by atoms with Crippen LogP contribution in [0.4, 0.5) is 0 Å². The molecule has 9 heavy (non-hydrogen) atoms. The maximum atomic E-state index is 8.46. The minimum Gasteiger partial charge on any atom is -0.450 e. The molecule has 1 aromatic rings. The highest BCUT2D eigenvalue weighted by atomic mass is 16.2. The number of benzene rings is 1. The number of hydrogen-bond acceptors (Lipinski definition) is 1. The van der Waals surface area contributed by atoms with Gasteiger partial charge in [-0.2, -0.15) is 0 Å². The Hall–Kier alpha value is -0.690. The molecule has 0 heterocycles. The molecule has 0 aromatic heterocycles. The maximum absolute atomic E-state index is 8.46. The fourth-order valence-corrected chi connectivity index (χ4v) is 0.582. The summed E-state index contributed by atoms with van der Waals surface area (Å²) >= 11 is 0. The van der Waals surface area contributed by atoms with E-state index in [1.807, 2.05) is 0 Å². The van der Waals surface area contributed by atoms with Crippen LogP contribution in [0.3, 0.4) is 0 Å². The van der Waals surface area contributed by atoms with Crippen molar-refractivity contribution in [1.82, 2.24) is 0 Å². The molecule has 1 aromatic carbocycles. The predicted molar refractivity (Wildman–Crippen MR) is 39.4 cm³/mol. The van der Waals surface area contributed by atoms with Crippen molar-refractivity contribution in [1.29, 1.82) is 0 Å². The van der Waals surface area contributed by atoms with E-state index in [0.717, 1.165) is 12.9 Å². The lowest BCUT2D eigenvalue weighted by Gasteiger charge is -1.92. The van der Waals surface area contributed by atoms with Gasteiger partial charge in [-0.1, -0.05) is 35.2 Å². The Morgan fingerprint density at radius 3 is 2.22 bits per heavy atom. The highest BCUT2D eigenvalue weighted by molar-refractivity contribution is 6.45. The van der Waals surface area contributed by atoms with Crippen molar-refractivity contribution in [3.05, 3.63) is 24.3 Å². The van der Waals surface area contributed by atoms with Crippen molar-refractivity contribution >= 4 is 26.3 Å². The Bertz CT molecular complexity index is 183. The van der Waals surface area contributed by atoms with Crippen LogP contribution >= 0.6 is 0 Å². The van der Waals surface area contributed by atoms with E-state index in [1.165, 1.54) is 0 Å². The summed E-state index contributed by atoms with van der Waals surface area (Å²) < 4.78 is 0. The molecular formula is C6H5B2O. The standard InChI is InChI=1S/C6H5B2O/c7-5-1-3-6(8-9)4-2-5/h1-4,9H. The summed E-state index contributed by atoms with van der Waals surface area (Å²) in [6.45, 7) is 0. The van der Waals surface area contributed by atoms with Crippen molar-refractivity contribution in [3.8, 4) is 0 Å². The van der Waals surface area contributed by atoms with Crippen LogP contribution in [0.25, 0.3) is 0 Å². The zero-order chi connectivity index (χ0) is 6.69. The molecule has 1 nitrogen and oxygen atoms in total. The summed E-state index contributed by atoms with van der Waals surface area (Å²) in [5, 5.41) is 8.46. The summed E-state index contributed by atoms with van der Waals surface area (Å²) in [6.07, 6.45) is 0. The second-order valence-electron chi connectivity index (χ2n) is 1.80. The highest BCUT2D eigenvalue weighted by Crippen LogP contribution is 1.75. The maximum Gasteiger partial charge on any atom is 0.326 e. The molecule has 0 unspecified atom stereocenters. The molecule has 0 aliphatic heterocycles. The lowest BCUT2D eigenvalue weighted by molar-refractivity contribution is 0.615. The summed E-state index contributed by atoms with van der Waals surface area (Å²) in [4.78, 5) is 0. The van der Waals surface area contributed by atoms with Crippen molar-refractivity contribution in [3.63, 3.8) is 0 Å². The first kappa shape index (κ1) is 6.43. The van der Waals surface area contributed by atoms with Gasteiger partial charge in [0.1, 0.15) is 7.85 Å². The fraction of sp³-hybridized carbons (Fsp3) is 0. The summed E-state index contributed by atoms with van der Waals surface area (Å²) in [5.41, 5.74) is 1.48. The average Bonchev–Trinajstić information content (AvgIpc) is 1.90. The van der Waals surface area contributed by atoms with Crippen molar-refractivity contribution in [2.75, 3.05) is 0 Å². The lowest BCUT2D eigenvalue weighted by Crippen LogP contribution is -2.15. The summed E-state index contributed by atoms with van der Waals surface area (Å²) in [7, 11) is 6.43. The van der Waals surface area contributed by atoms with E-state index in [4.69, 9.17) is 12.9 Å². The first-order chi connectivity index (χ1) is 4.33. The van der Waals surface area contributed by atoms with E-state index in [1.54, 1.807) is 24.3 Å². The Labute approximate surface area is 56.4 Å². The van der Waals surface area contributed by atoms with E-state index in [9.17, 15) is 0 Å². The van der Waals surface area contributed by atoms with Gasteiger partial charge in [-0.3, -0.25) is 0 Å². The molecule has 1 N–H and O–H groups in total. The third-order valence-corrected chi connectivity index (χ3v) is 1.09. The average molecular weight is 115 g/mol. The number of rotatable bonds is 1. The van der Waals surface area contributed by atoms with E-state index >= 15 is 0 Å². The van der Waals surface area contributed by atoms with Gasteiger partial charge in [0.2, 0.25) is 0 Å². The van der Waals surface area contributed by atoms with Gasteiger partial charge in [-0.25, -0.2) is 0 Å². The van der Waals surface area contributed by atoms with E-state index in [-0.39, 0.29) is 0 Å². The third-order valence-electron chi connectivity index (χ3n) is 1.09. The minimum atomic E-state index is 0.709. The van der Waals surface area contributed by atoms with Crippen molar-refractivity contribution in [2.45, 2.75) is 0 Å². The van der Waals surface area contributed by atoms with Crippen LogP contribution in [-0.2, 0) is 0 Å². The van der Waals surface area contributed by atoms with Gasteiger partial charge < -0.3 is 5.02 Å². The van der Waals surface area contributed by atoms with Crippen LogP contribution < -0.4 is 10.9 Å². The molecule has 1 rings (SSSR count). The van der Waals surface area contributed by atoms with Crippen LogP contribution in [-0.4, -0.2) is 20.4 Å². The van der Waals surface area contributed by atoms with Crippen LogP contribution in [0, 0.1) is 0 Å². The molecule has 3 radical (unpaired) electrons. The molecule has 3 heteroatoms. The molecule has 0 bridgehead atoms. The molecular weight excluding hydrogens is 110 g/mol. The molecule has 0 aliphatic carbocycles. The van der Waals surface area contributed by atoms with Crippen molar-refractivity contribution in [2.24, 2.45) is 0 Å². The lowest BCUT2D eigenvalue weighted by atomic mass is 9.85. The Morgan fingerprint density at radius 2 is 1.78 bits per heavy atom. The molecule has 0 saturated carbocycles. The smallest absolute Gasteiger partial charge is 0.326 e. The van der Waals surface area contributed by atoms with Gasteiger partial charge >= 0.3 is 7.48 Å². The van der Waals surface area contributed by atoms with Gasteiger partial charge in [0, 0.05) is 0 Å². The monoisotopic (exact) mass is 115 g/mol. The number of hydrogen-bond donors (Lipinski definition) is 1. The zero-order valence-corrected chi connectivity index (χ0v) is 4.91. The molecule has 0 aliphatic rings. The molecule has 0 fully saturated rings. The molecule has 0 saturated heterocycles. The topological polar surface area (TPSA) is 20.2 Å². The van der Waals surface area contributed by atoms with E-state index in [2.05, 4.69) is 0 Å². The van der Waals surface area contributed by atoms with Crippen LogP contribution in [0.2, 0.25) is 0 Å². The van der Waals surface area contributed by atoms with Gasteiger partial charge in [0.15, 0.2) is 0 Å². The molecule has 0 amide bonds. The largest absolute Gasteiger partial charge is 0.450 e. The Balaban J connectivity index is 2.88. The summed E-state index contributed by atoms with van der Waals surface area (Å²) in [5.74, 6) is 0. The van der Waals surface area contributed by atoms with Crippen molar-refractivity contribution < 1.29 is 5.02 Å². The zero-order valence-electron chi connectivity index (χ0n) is 4.91. The normalized spacial score (nSPS) is 9.00. The SMILES string of the molecule is [B]c1ccc([B]O)cc1. The second-order valence-corrected chi connectivity index (χ2v) is 1.80. The van der Waals surface area contributed by atoms with Gasteiger partial charge in [0.25, 0.3) is 0 Å².